The summed E-state index contributed by atoms with van der Waals surface area (Å²) in [7, 11) is 0. The number of pyridine rings is 8. The van der Waals surface area contributed by atoms with Crippen molar-refractivity contribution in [2.75, 3.05) is 0 Å². The molecule has 22 aromatic rings. The van der Waals surface area contributed by atoms with Gasteiger partial charge in [-0.25, -0.2) is 0 Å². The van der Waals surface area contributed by atoms with Crippen molar-refractivity contribution in [1.29, 1.82) is 21.0 Å². The van der Waals surface area contributed by atoms with E-state index in [1.54, 1.807) is 12.3 Å². The van der Waals surface area contributed by atoms with E-state index in [-0.39, 0.29) is 80.4 Å². The largest absolute Gasteiger partial charge is 0.304 e. The number of benzene rings is 14. The number of rotatable bonds is 14. The minimum atomic E-state index is 0. The second-order valence-electron chi connectivity index (χ2n) is 32.8. The fraction of sp³-hybridized carbons (Fsp3) is 0.0376. The van der Waals surface area contributed by atoms with Crippen LogP contribution in [0.25, 0.3) is 157 Å². The molecule has 0 bridgehead atoms. The second kappa shape index (κ2) is 59.3. The summed E-state index contributed by atoms with van der Waals surface area (Å²) in [5.74, 6) is 0. The van der Waals surface area contributed by atoms with Crippen LogP contribution in [-0.2, 0) is 80.4 Å². The molecule has 14 aromatic carbocycles. The van der Waals surface area contributed by atoms with E-state index in [0.29, 0.717) is 22.3 Å². The molecule has 149 heavy (non-hydrogen) atoms. The van der Waals surface area contributed by atoms with Crippen LogP contribution in [0.3, 0.4) is 0 Å². The van der Waals surface area contributed by atoms with E-state index in [4.69, 9.17) is 26.0 Å². The van der Waals surface area contributed by atoms with Crippen molar-refractivity contribution < 1.29 is 80.4 Å². The van der Waals surface area contributed by atoms with Crippen LogP contribution in [-0.4, -0.2) is 39.9 Å². The third kappa shape index (κ3) is 33.2. The van der Waals surface area contributed by atoms with Gasteiger partial charge in [0.05, 0.1) is 46.5 Å². The van der Waals surface area contributed by atoms with Gasteiger partial charge in [-0.3, -0.25) is 0 Å². The van der Waals surface area contributed by atoms with Crippen LogP contribution < -0.4 is 0 Å². The molecule has 0 saturated heterocycles. The van der Waals surface area contributed by atoms with Gasteiger partial charge in [0.2, 0.25) is 0 Å². The molecule has 12 nitrogen and oxygen atoms in total. The molecule has 0 spiro atoms. The molecule has 22 rings (SSSR count). The zero-order valence-electron chi connectivity index (χ0n) is 81.8. The Hall–Kier alpha value is -17.2. The fourth-order valence-electron chi connectivity index (χ4n) is 15.2. The zero-order chi connectivity index (χ0) is 100. The second-order valence-corrected chi connectivity index (χ2v) is 32.8. The predicted octanol–water partition coefficient (Wildman–Crippen LogP) is 31.4. The Morgan fingerprint density at radius 2 is 0.470 bits per heavy atom. The van der Waals surface area contributed by atoms with E-state index in [9.17, 15) is 0 Å². The Morgan fingerprint density at radius 3 is 0.805 bits per heavy atom. The van der Waals surface area contributed by atoms with Crippen LogP contribution in [0.2, 0.25) is 0 Å². The number of nitrogens with zero attached hydrogens (tertiary/aromatic N) is 12. The van der Waals surface area contributed by atoms with Crippen LogP contribution in [0, 0.1) is 128 Å². The molecule has 0 aliphatic carbocycles. The van der Waals surface area contributed by atoms with Crippen molar-refractivity contribution in [3.05, 3.63) is 579 Å². The summed E-state index contributed by atoms with van der Waals surface area (Å²) < 4.78 is 0. The summed E-state index contributed by atoms with van der Waals surface area (Å²) in [4.78, 5) is 36.1. The molecule has 0 saturated carbocycles. The Labute approximate surface area is 927 Å². The first-order chi connectivity index (χ1) is 71.3. The fourth-order valence-corrected chi connectivity index (χ4v) is 15.2. The van der Waals surface area contributed by atoms with Crippen molar-refractivity contribution in [2.24, 2.45) is 0 Å². The molecule has 0 N–H and O–H groups in total. The average Bonchev–Trinajstić information content (AvgIpc) is 0.763. The van der Waals surface area contributed by atoms with E-state index in [1.807, 2.05) is 447 Å². The topological polar surface area (TPSA) is 198 Å². The third-order valence-electron chi connectivity index (χ3n) is 22.6. The first-order valence-electron chi connectivity index (χ1n) is 46.9. The van der Waals surface area contributed by atoms with Crippen molar-refractivity contribution in [2.45, 2.75) is 34.6 Å². The van der Waals surface area contributed by atoms with Gasteiger partial charge >= 0.3 is 0 Å². The van der Waals surface area contributed by atoms with Gasteiger partial charge in [-0.05, 0) is 185 Å². The Kier molecular flexibility index (Phi) is 44.7. The van der Waals surface area contributed by atoms with Crippen LogP contribution >= 0.6 is 0 Å². The van der Waals surface area contributed by atoms with Crippen molar-refractivity contribution >= 4 is 0 Å². The number of nitriles is 4. The summed E-state index contributed by atoms with van der Waals surface area (Å²) in [5, 5.41) is 35.8. The van der Waals surface area contributed by atoms with Gasteiger partial charge < -0.3 is 39.9 Å². The SMILES string of the molecule is Cc1cccc(-c2[c-]cccc2)n1.Cc1cccc(-c2[c-]cccc2)n1.Cc1cccc(-c2[c-]cccc2)n1.Cc1nc(-c2[c-]ccc(-c3ccc(C#N)cc3)c2)ccc1-c1ccccc1.Cc1nc(-c2[c-]cccc2)ccc1-c1ccccc1.N#Cc1ccc(-c2ccc(-c3[c-]cccc3)nc2)cc1.N#Cc1cccc(-c2ccc(-c3[c-]cccc3)nc2)c1.N#Cc1ccccc1-c1ccc(-c2[c-]cccc2)nc1.[Ir].[Ir].[Ir].[Ir]. The van der Waals surface area contributed by atoms with Gasteiger partial charge in [-0.1, -0.05) is 212 Å². The van der Waals surface area contributed by atoms with Gasteiger partial charge in [-0.15, -0.1) is 287 Å². The van der Waals surface area contributed by atoms with Gasteiger partial charge in [0.1, 0.15) is 0 Å². The minimum Gasteiger partial charge on any atom is -0.304 e. The molecular formula is C133H94Ir4N12-8. The molecule has 4 radical (unpaired) electrons. The number of aromatic nitrogens is 8. The van der Waals surface area contributed by atoms with Gasteiger partial charge in [0.25, 0.3) is 0 Å². The molecule has 8 heterocycles. The molecule has 0 unspecified atom stereocenters. The third-order valence-corrected chi connectivity index (χ3v) is 22.6. The van der Waals surface area contributed by atoms with E-state index in [2.05, 4.69) is 163 Å². The summed E-state index contributed by atoms with van der Waals surface area (Å²) >= 11 is 0. The van der Waals surface area contributed by atoms with Crippen molar-refractivity contribution in [3.8, 4) is 181 Å². The quantitative estimate of drug-likeness (QED) is 0.0935. The van der Waals surface area contributed by atoms with Crippen molar-refractivity contribution in [3.63, 3.8) is 0 Å². The Balaban J connectivity index is 0.000000163. The van der Waals surface area contributed by atoms with Crippen LogP contribution in [0.4, 0.5) is 0 Å². The first-order valence-corrected chi connectivity index (χ1v) is 46.9. The molecule has 16 heteroatoms. The van der Waals surface area contributed by atoms with Gasteiger partial charge in [0, 0.05) is 144 Å². The smallest absolute Gasteiger partial charge is 0.0998 e. The Morgan fingerprint density at radius 1 is 0.181 bits per heavy atom. The first kappa shape index (κ1) is 112. The number of aryl methyl sites for hydroxylation is 5. The number of hydrogen-bond acceptors (Lipinski definition) is 12. The molecule has 0 fully saturated rings. The van der Waals surface area contributed by atoms with E-state index in [0.717, 1.165) is 169 Å². The van der Waals surface area contributed by atoms with Gasteiger partial charge in [-0.2, -0.15) is 21.0 Å². The summed E-state index contributed by atoms with van der Waals surface area (Å²) in [5.41, 5.74) is 36.2. The minimum absolute atomic E-state index is 0. The normalized spacial score (nSPS) is 9.81. The average molecular weight is 2630 g/mol. The summed E-state index contributed by atoms with van der Waals surface area (Å²) in [6.07, 6.45) is 5.47. The standard InChI is InChI=1S/C25H17N2.3C18H11N2.C18H14N.3C12H10N.4Ir/c1-18-24(21-6-3-2-4-7-21)14-15-25(27-18)23-9-5-8-22(16-23)20-12-10-19(17-26)11-13-20;19-12-14-5-4-8-16(11-14)17-9-10-18(20-13-17)15-6-2-1-3-7-15;19-12-15-8-4-5-9-17(15)16-10-11-18(20-13-16)14-6-2-1-3-7-14;19-12-14-6-8-15(9-7-14)17-10-11-18(20-13-17)16-4-2-1-3-5-16;1-14-17(15-8-4-2-5-9-15)12-13-18(19-14)16-10-6-3-7-11-16;3*1-10-6-5-9-12(13-10)11-7-3-2-4-8-11;;;;/h2-8,10-16H,1H3;2*1-6,8-11,13H;1-4,6-11,13H;2-10,12-13H,1H3;3*2-7,9H,1H3;;;;/q8*-1;;;;. The van der Waals surface area contributed by atoms with E-state index < -0.39 is 0 Å². The molecule has 730 valence electrons. The monoisotopic (exact) mass is 2630 g/mol. The van der Waals surface area contributed by atoms with Crippen molar-refractivity contribution in [1.82, 2.24) is 39.9 Å². The number of hydrogen-bond donors (Lipinski definition) is 0. The predicted molar refractivity (Wildman–Crippen MR) is 583 cm³/mol. The maximum absolute atomic E-state index is 9.14. The maximum atomic E-state index is 9.14. The summed E-state index contributed by atoms with van der Waals surface area (Å²) in [6, 6.07) is 184. The molecular weight excluding hydrogens is 2530 g/mol. The van der Waals surface area contributed by atoms with Crippen LogP contribution in [0.5, 0.6) is 0 Å². The maximum Gasteiger partial charge on any atom is 0.0998 e. The van der Waals surface area contributed by atoms with Gasteiger partial charge in [0.15, 0.2) is 0 Å². The molecule has 0 aliphatic rings. The molecule has 0 aliphatic heterocycles. The zero-order valence-corrected chi connectivity index (χ0v) is 91.4. The summed E-state index contributed by atoms with van der Waals surface area (Å²) in [6.45, 7) is 10.1. The van der Waals surface area contributed by atoms with E-state index in [1.165, 1.54) is 16.7 Å². The molecule has 0 atom stereocenters. The Bertz CT molecular complexity index is 7880. The van der Waals surface area contributed by atoms with Crippen LogP contribution in [0.15, 0.2) is 480 Å². The molecule has 8 aromatic heterocycles. The van der Waals surface area contributed by atoms with E-state index >= 15 is 0 Å². The van der Waals surface area contributed by atoms with Crippen LogP contribution in [0.1, 0.15) is 50.7 Å². The molecule has 0 amide bonds.